The molecule has 0 aromatic rings. The minimum absolute atomic E-state index is 0.0857. The Morgan fingerprint density at radius 3 is 2.50 bits per heavy atom. The van der Waals surface area contributed by atoms with Crippen LogP contribution in [0.25, 0.3) is 0 Å². The number of esters is 1. The van der Waals surface area contributed by atoms with Gasteiger partial charge in [-0.15, -0.1) is 0 Å². The van der Waals surface area contributed by atoms with Crippen LogP contribution in [-0.4, -0.2) is 48.5 Å². The predicted molar refractivity (Wildman–Crippen MR) is 75.6 cm³/mol. The van der Waals surface area contributed by atoms with Crippen molar-refractivity contribution < 1.29 is 14.3 Å². The first-order valence-electron chi connectivity index (χ1n) is 6.00. The quantitative estimate of drug-likeness (QED) is 0.501. The molecule has 0 aliphatic carbocycles. The maximum Gasteiger partial charge on any atom is 0.309 e. The Bertz CT molecular complexity index is 305. The molecule has 0 spiro atoms. The van der Waals surface area contributed by atoms with Crippen molar-refractivity contribution in [2.24, 2.45) is 5.92 Å². The van der Waals surface area contributed by atoms with Crippen LogP contribution in [0.5, 0.6) is 0 Å². The van der Waals surface area contributed by atoms with Gasteiger partial charge in [0.05, 0.1) is 18.8 Å². The lowest BCUT2D eigenvalue weighted by Crippen LogP contribution is -2.33. The fraction of sp³-hybridized carbons (Fsp3) is 0.692. The summed E-state index contributed by atoms with van der Waals surface area (Å²) in [6.07, 6.45) is 0. The van der Waals surface area contributed by atoms with Gasteiger partial charge in [0.15, 0.2) is 0 Å². The third-order valence-corrected chi connectivity index (χ3v) is 3.58. The molecule has 18 heavy (non-hydrogen) atoms. The first-order chi connectivity index (χ1) is 8.42. The molecule has 5 heteroatoms. The summed E-state index contributed by atoms with van der Waals surface area (Å²) < 4.78 is 4.63. The van der Waals surface area contributed by atoms with E-state index in [1.807, 2.05) is 13.8 Å². The van der Waals surface area contributed by atoms with Gasteiger partial charge in [0.1, 0.15) is 0 Å². The Morgan fingerprint density at radius 1 is 1.44 bits per heavy atom. The number of carbonyl (C=O) groups excluding carboxylic acids is 2. The summed E-state index contributed by atoms with van der Waals surface area (Å²) in [5.74, 6) is 0.668. The zero-order chi connectivity index (χ0) is 14.1. The number of hydrogen-bond acceptors (Lipinski definition) is 4. The van der Waals surface area contributed by atoms with Gasteiger partial charge >= 0.3 is 5.97 Å². The second kappa shape index (κ2) is 9.03. The summed E-state index contributed by atoms with van der Waals surface area (Å²) in [4.78, 5) is 24.8. The largest absolute Gasteiger partial charge is 0.469 e. The normalized spacial score (nSPS) is 11.8. The van der Waals surface area contributed by atoms with Gasteiger partial charge in [0.25, 0.3) is 0 Å². The average molecular weight is 273 g/mol. The van der Waals surface area contributed by atoms with Crippen molar-refractivity contribution in [3.8, 4) is 0 Å². The van der Waals surface area contributed by atoms with Crippen LogP contribution in [0, 0.1) is 5.92 Å². The maximum absolute atomic E-state index is 11.9. The van der Waals surface area contributed by atoms with E-state index in [9.17, 15) is 9.59 Å². The van der Waals surface area contributed by atoms with Gasteiger partial charge < -0.3 is 9.64 Å². The molecule has 0 aromatic carbocycles. The monoisotopic (exact) mass is 273 g/mol. The molecule has 0 aliphatic rings. The average Bonchev–Trinajstić information content (AvgIpc) is 2.34. The smallest absolute Gasteiger partial charge is 0.309 e. The highest BCUT2D eigenvalue weighted by molar-refractivity contribution is 7.99. The summed E-state index contributed by atoms with van der Waals surface area (Å²) in [7, 11) is 1.38. The van der Waals surface area contributed by atoms with Crippen molar-refractivity contribution >= 4 is 23.6 Å². The van der Waals surface area contributed by atoms with Gasteiger partial charge in [0.2, 0.25) is 5.91 Å². The zero-order valence-electron chi connectivity index (χ0n) is 11.7. The highest BCUT2D eigenvalue weighted by Crippen LogP contribution is 2.11. The van der Waals surface area contributed by atoms with E-state index in [0.717, 1.165) is 5.57 Å². The number of likely N-dealkylation sites (N-methyl/N-ethyl adjacent to an activating group) is 1. The molecule has 4 nitrogen and oxygen atoms in total. The number of carbonyl (C=O) groups is 2. The van der Waals surface area contributed by atoms with E-state index in [2.05, 4.69) is 11.3 Å². The highest BCUT2D eigenvalue weighted by atomic mass is 32.2. The van der Waals surface area contributed by atoms with Crippen LogP contribution in [0.3, 0.4) is 0 Å². The van der Waals surface area contributed by atoms with Crippen LogP contribution in [0.2, 0.25) is 0 Å². The molecule has 1 atom stereocenters. The third kappa shape index (κ3) is 6.69. The molecule has 1 amide bonds. The topological polar surface area (TPSA) is 46.6 Å². The number of amides is 1. The lowest BCUT2D eigenvalue weighted by atomic mass is 10.2. The van der Waals surface area contributed by atoms with Gasteiger partial charge in [-0.2, -0.15) is 11.8 Å². The van der Waals surface area contributed by atoms with Gasteiger partial charge in [-0.3, -0.25) is 9.59 Å². The summed E-state index contributed by atoms with van der Waals surface area (Å²) in [6.45, 7) is 10.7. The molecule has 0 saturated heterocycles. The van der Waals surface area contributed by atoms with Crippen LogP contribution in [0.1, 0.15) is 20.8 Å². The first kappa shape index (κ1) is 17.0. The van der Waals surface area contributed by atoms with E-state index in [-0.39, 0.29) is 17.8 Å². The number of hydrogen-bond donors (Lipinski definition) is 0. The molecule has 0 aliphatic heterocycles. The Kier molecular flexibility index (Phi) is 8.54. The van der Waals surface area contributed by atoms with Crippen molar-refractivity contribution in [3.63, 3.8) is 0 Å². The molecule has 0 bridgehead atoms. The number of nitrogens with zero attached hydrogens (tertiary/aromatic N) is 1. The zero-order valence-corrected chi connectivity index (χ0v) is 12.5. The maximum atomic E-state index is 11.9. The molecule has 0 radical (unpaired) electrons. The van der Waals surface area contributed by atoms with E-state index >= 15 is 0 Å². The van der Waals surface area contributed by atoms with E-state index in [0.29, 0.717) is 24.6 Å². The number of methoxy groups -OCH3 is 1. The summed E-state index contributed by atoms with van der Waals surface area (Å²) in [6, 6.07) is 0. The molecule has 0 N–H and O–H groups in total. The standard InChI is InChI=1S/C13H23NO3S/c1-6-14(7-10(2)3)12(15)9-18-8-11(4)13(16)17-5/h11H,2,6-9H2,1,3-5H3. The second-order valence-electron chi connectivity index (χ2n) is 4.30. The Hall–Kier alpha value is -0.970. The Balaban J connectivity index is 4.01. The molecule has 1 unspecified atom stereocenters. The minimum atomic E-state index is -0.232. The van der Waals surface area contributed by atoms with Gasteiger partial charge in [-0.1, -0.05) is 19.1 Å². The van der Waals surface area contributed by atoms with Crippen LogP contribution in [0.15, 0.2) is 12.2 Å². The molecular weight excluding hydrogens is 250 g/mol. The fourth-order valence-electron chi connectivity index (χ4n) is 1.39. The van der Waals surface area contributed by atoms with Crippen LogP contribution in [0.4, 0.5) is 0 Å². The van der Waals surface area contributed by atoms with Gasteiger partial charge in [-0.05, 0) is 13.8 Å². The van der Waals surface area contributed by atoms with E-state index in [1.54, 1.807) is 11.8 Å². The SMILES string of the molecule is C=C(C)CN(CC)C(=O)CSCC(C)C(=O)OC. The van der Waals surface area contributed by atoms with Crippen molar-refractivity contribution in [2.75, 3.05) is 31.7 Å². The molecular formula is C13H23NO3S. The lowest BCUT2D eigenvalue weighted by Gasteiger charge is -2.21. The van der Waals surface area contributed by atoms with Crippen LogP contribution >= 0.6 is 11.8 Å². The van der Waals surface area contributed by atoms with Crippen LogP contribution in [-0.2, 0) is 14.3 Å². The predicted octanol–water partition coefficient (Wildman–Crippen LogP) is 1.95. The molecule has 104 valence electrons. The molecule has 0 aromatic heterocycles. The second-order valence-corrected chi connectivity index (χ2v) is 5.33. The Labute approximate surface area is 114 Å². The summed E-state index contributed by atoms with van der Waals surface area (Å²) in [5.41, 5.74) is 0.970. The van der Waals surface area contributed by atoms with E-state index in [1.165, 1.54) is 18.9 Å². The van der Waals surface area contributed by atoms with Gasteiger partial charge in [0, 0.05) is 18.8 Å². The third-order valence-electron chi connectivity index (χ3n) is 2.39. The highest BCUT2D eigenvalue weighted by Gasteiger charge is 2.16. The van der Waals surface area contributed by atoms with Gasteiger partial charge in [-0.25, -0.2) is 0 Å². The van der Waals surface area contributed by atoms with Crippen molar-refractivity contribution in [3.05, 3.63) is 12.2 Å². The molecule has 0 heterocycles. The van der Waals surface area contributed by atoms with Crippen molar-refractivity contribution in [1.82, 2.24) is 4.90 Å². The summed E-state index contributed by atoms with van der Waals surface area (Å²) in [5, 5.41) is 0. The van der Waals surface area contributed by atoms with Crippen molar-refractivity contribution in [1.29, 1.82) is 0 Å². The summed E-state index contributed by atoms with van der Waals surface area (Å²) >= 11 is 1.46. The van der Waals surface area contributed by atoms with E-state index < -0.39 is 0 Å². The fourth-order valence-corrected chi connectivity index (χ4v) is 2.35. The molecule has 0 saturated carbocycles. The number of thioether (sulfide) groups is 1. The van der Waals surface area contributed by atoms with Crippen molar-refractivity contribution in [2.45, 2.75) is 20.8 Å². The number of rotatable bonds is 8. The number of ether oxygens (including phenoxy) is 1. The van der Waals surface area contributed by atoms with E-state index in [4.69, 9.17) is 0 Å². The minimum Gasteiger partial charge on any atom is -0.469 e. The lowest BCUT2D eigenvalue weighted by molar-refractivity contribution is -0.144. The molecule has 0 fully saturated rings. The Morgan fingerprint density at radius 2 is 2.06 bits per heavy atom. The first-order valence-corrected chi connectivity index (χ1v) is 7.15. The molecule has 0 rings (SSSR count). The van der Waals surface area contributed by atoms with Crippen LogP contribution < -0.4 is 0 Å².